The maximum atomic E-state index is 9.50. The second kappa shape index (κ2) is 8.32. The van der Waals surface area contributed by atoms with Crippen molar-refractivity contribution in [3.05, 3.63) is 29.8 Å². The minimum Gasteiger partial charge on any atom is -0.492 e. The number of nitrogens with two attached hydrogens (primary N) is 1. The third kappa shape index (κ3) is 4.66. The fraction of sp³-hybridized carbons (Fsp3) is 0.562. The molecule has 0 spiro atoms. The molecule has 0 aromatic heterocycles. The first-order valence-corrected chi connectivity index (χ1v) is 7.99. The van der Waals surface area contributed by atoms with Crippen LogP contribution in [0.3, 0.4) is 0 Å². The molecular weight excluding hydrogens is 284 g/mol. The molecule has 1 unspecified atom stereocenters. The maximum Gasteiger partial charge on any atom is 0.129 e. The van der Waals surface area contributed by atoms with Gasteiger partial charge >= 0.3 is 0 Å². The molecule has 1 heterocycles. The van der Waals surface area contributed by atoms with E-state index in [1.165, 1.54) is 19.3 Å². The van der Waals surface area contributed by atoms with Gasteiger partial charge < -0.3 is 15.6 Å². The minimum absolute atomic E-state index is 0.226. The molecule has 1 aliphatic heterocycles. The molecule has 3 N–H and O–H groups in total. The number of hydrogen-bond donors (Lipinski definition) is 2. The molecule has 1 aromatic rings. The maximum absolute atomic E-state index is 9.50. The van der Waals surface area contributed by atoms with Crippen LogP contribution < -0.4 is 10.5 Å². The van der Waals surface area contributed by atoms with Crippen LogP contribution in [-0.2, 0) is 0 Å². The summed E-state index contributed by atoms with van der Waals surface area (Å²) >= 11 is 5.03. The highest BCUT2D eigenvalue weighted by atomic mass is 32.1. The zero-order valence-electron chi connectivity index (χ0n) is 12.3. The van der Waals surface area contributed by atoms with Gasteiger partial charge in [0.25, 0.3) is 0 Å². The van der Waals surface area contributed by atoms with Gasteiger partial charge in [0.2, 0.25) is 0 Å². The fourth-order valence-corrected chi connectivity index (χ4v) is 2.98. The van der Waals surface area contributed by atoms with E-state index in [0.29, 0.717) is 11.6 Å². The van der Waals surface area contributed by atoms with Crippen molar-refractivity contribution in [2.75, 3.05) is 26.3 Å². The quantitative estimate of drug-likeness (QED) is 0.787. The second-order valence-corrected chi connectivity index (χ2v) is 5.87. The fourth-order valence-electron chi connectivity index (χ4n) is 2.81. The highest BCUT2D eigenvalue weighted by Crippen LogP contribution is 2.19. The predicted octanol–water partition coefficient (Wildman–Crippen LogP) is 1.94. The summed E-state index contributed by atoms with van der Waals surface area (Å²) in [5.74, 6) is 0.736. The van der Waals surface area contributed by atoms with E-state index in [0.717, 1.165) is 30.8 Å². The van der Waals surface area contributed by atoms with Crippen molar-refractivity contribution in [2.45, 2.75) is 31.7 Å². The molecule has 116 valence electrons. The van der Waals surface area contributed by atoms with Gasteiger partial charge in [-0.1, -0.05) is 37.2 Å². The third-order valence-electron chi connectivity index (χ3n) is 4.00. The van der Waals surface area contributed by atoms with Crippen LogP contribution in [0.5, 0.6) is 5.75 Å². The van der Waals surface area contributed by atoms with Crippen LogP contribution in [-0.4, -0.2) is 47.3 Å². The lowest BCUT2D eigenvalue weighted by Crippen LogP contribution is -2.40. The molecule has 0 bridgehead atoms. The summed E-state index contributed by atoms with van der Waals surface area (Å²) < 4.78 is 5.84. The van der Waals surface area contributed by atoms with Crippen LogP contribution in [0.1, 0.15) is 31.2 Å². The molecule has 0 aliphatic carbocycles. The number of hydrogen-bond acceptors (Lipinski definition) is 4. The monoisotopic (exact) mass is 308 g/mol. The number of para-hydroxylation sites is 1. The lowest BCUT2D eigenvalue weighted by atomic mass is 10.1. The number of thiocarbonyl (C=S) groups is 1. The van der Waals surface area contributed by atoms with Crippen molar-refractivity contribution in [3.63, 3.8) is 0 Å². The summed E-state index contributed by atoms with van der Waals surface area (Å²) in [5, 5.41) is 9.50. The van der Waals surface area contributed by atoms with Gasteiger partial charge in [-0.25, -0.2) is 0 Å². The Morgan fingerprint density at radius 3 is 2.90 bits per heavy atom. The van der Waals surface area contributed by atoms with Crippen LogP contribution in [0.4, 0.5) is 0 Å². The number of benzene rings is 1. The molecule has 21 heavy (non-hydrogen) atoms. The zero-order valence-corrected chi connectivity index (χ0v) is 13.1. The van der Waals surface area contributed by atoms with E-state index in [1.54, 1.807) is 0 Å². The molecule has 0 radical (unpaired) electrons. The SMILES string of the molecule is NC(=S)c1ccccc1OCCN1CCCCCC1CO. The van der Waals surface area contributed by atoms with Crippen molar-refractivity contribution in [2.24, 2.45) is 5.73 Å². The van der Waals surface area contributed by atoms with Gasteiger partial charge in [-0.2, -0.15) is 0 Å². The second-order valence-electron chi connectivity index (χ2n) is 5.43. The first-order valence-electron chi connectivity index (χ1n) is 7.59. The van der Waals surface area contributed by atoms with Gasteiger partial charge in [0, 0.05) is 12.6 Å². The van der Waals surface area contributed by atoms with E-state index < -0.39 is 0 Å². The summed E-state index contributed by atoms with van der Waals surface area (Å²) in [6.07, 6.45) is 4.71. The van der Waals surface area contributed by atoms with E-state index in [9.17, 15) is 5.11 Å². The number of likely N-dealkylation sites (tertiary alicyclic amines) is 1. The lowest BCUT2D eigenvalue weighted by molar-refractivity contribution is 0.108. The predicted molar refractivity (Wildman–Crippen MR) is 88.7 cm³/mol. The molecule has 1 aromatic carbocycles. The summed E-state index contributed by atoms with van der Waals surface area (Å²) in [7, 11) is 0. The summed E-state index contributed by atoms with van der Waals surface area (Å²) in [6.45, 7) is 2.65. The Morgan fingerprint density at radius 1 is 1.33 bits per heavy atom. The normalized spacial score (nSPS) is 20.0. The van der Waals surface area contributed by atoms with Gasteiger partial charge in [0.15, 0.2) is 0 Å². The largest absolute Gasteiger partial charge is 0.492 e. The molecule has 5 heteroatoms. The molecule has 1 aliphatic rings. The average Bonchev–Trinajstić information content (AvgIpc) is 2.72. The minimum atomic E-state index is 0.226. The van der Waals surface area contributed by atoms with E-state index in [4.69, 9.17) is 22.7 Å². The topological polar surface area (TPSA) is 58.7 Å². The van der Waals surface area contributed by atoms with Gasteiger partial charge in [0.05, 0.1) is 12.2 Å². The van der Waals surface area contributed by atoms with Gasteiger partial charge in [-0.15, -0.1) is 0 Å². The molecule has 4 nitrogen and oxygen atoms in total. The average molecular weight is 308 g/mol. The molecule has 1 atom stereocenters. The Kier molecular flexibility index (Phi) is 6.42. The van der Waals surface area contributed by atoms with Crippen LogP contribution in [0.25, 0.3) is 0 Å². The van der Waals surface area contributed by atoms with Gasteiger partial charge in [-0.3, -0.25) is 4.90 Å². The van der Waals surface area contributed by atoms with Gasteiger partial charge in [0.1, 0.15) is 17.3 Å². The number of aliphatic hydroxyl groups excluding tert-OH is 1. The number of rotatable bonds is 6. The Balaban J connectivity index is 1.90. The standard InChI is InChI=1S/C16H24N2O2S/c17-16(21)14-7-3-4-8-15(14)20-11-10-18-9-5-1-2-6-13(18)12-19/h3-4,7-8,13,19H,1-2,5-6,9-12H2,(H2,17,21). The van der Waals surface area contributed by atoms with Crippen LogP contribution >= 0.6 is 12.2 Å². The summed E-state index contributed by atoms with van der Waals surface area (Å²) in [6, 6.07) is 7.85. The summed E-state index contributed by atoms with van der Waals surface area (Å²) in [4.78, 5) is 2.68. The van der Waals surface area contributed by atoms with Gasteiger partial charge in [-0.05, 0) is 31.5 Å². The first-order chi connectivity index (χ1) is 10.2. The van der Waals surface area contributed by atoms with Crippen LogP contribution in [0.15, 0.2) is 24.3 Å². The smallest absolute Gasteiger partial charge is 0.129 e. The Morgan fingerprint density at radius 2 is 2.14 bits per heavy atom. The van der Waals surface area contributed by atoms with E-state index in [2.05, 4.69) is 4.90 Å². The molecule has 1 saturated heterocycles. The van der Waals surface area contributed by atoms with E-state index >= 15 is 0 Å². The molecule has 2 rings (SSSR count). The van der Waals surface area contributed by atoms with Crippen LogP contribution in [0.2, 0.25) is 0 Å². The number of nitrogens with zero attached hydrogens (tertiary/aromatic N) is 1. The molecule has 1 fully saturated rings. The van der Waals surface area contributed by atoms with Crippen molar-refractivity contribution in [3.8, 4) is 5.75 Å². The summed E-state index contributed by atoms with van der Waals surface area (Å²) in [5.41, 5.74) is 6.48. The lowest BCUT2D eigenvalue weighted by Gasteiger charge is -2.28. The van der Waals surface area contributed by atoms with E-state index in [-0.39, 0.29) is 12.6 Å². The van der Waals surface area contributed by atoms with E-state index in [1.807, 2.05) is 24.3 Å². The van der Waals surface area contributed by atoms with Crippen molar-refractivity contribution >= 4 is 17.2 Å². The molecular formula is C16H24N2O2S. The molecule has 0 saturated carbocycles. The highest BCUT2D eigenvalue weighted by Gasteiger charge is 2.20. The number of ether oxygens (including phenoxy) is 1. The van der Waals surface area contributed by atoms with Crippen molar-refractivity contribution in [1.29, 1.82) is 0 Å². The van der Waals surface area contributed by atoms with Crippen LogP contribution in [0, 0.1) is 0 Å². The molecule has 0 amide bonds. The first kappa shape index (κ1) is 16.2. The van der Waals surface area contributed by atoms with Crippen molar-refractivity contribution in [1.82, 2.24) is 4.90 Å². The third-order valence-corrected chi connectivity index (χ3v) is 4.22. The Hall–Kier alpha value is -1.17. The number of aliphatic hydroxyl groups is 1. The zero-order chi connectivity index (χ0) is 15.1. The Bertz CT molecular complexity index is 467. The van der Waals surface area contributed by atoms with Crippen molar-refractivity contribution < 1.29 is 9.84 Å². The highest BCUT2D eigenvalue weighted by molar-refractivity contribution is 7.80. The Labute approximate surface area is 131 Å².